The minimum atomic E-state index is -0.0252. The molecule has 0 saturated heterocycles. The zero-order chi connectivity index (χ0) is 19.6. The molecular weight excluding hydrogens is 368 g/mol. The third-order valence-corrected chi connectivity index (χ3v) is 4.24. The summed E-state index contributed by atoms with van der Waals surface area (Å²) in [5.74, 6) is 1.81. The number of hydrogen-bond acceptors (Lipinski definition) is 5. The lowest BCUT2D eigenvalue weighted by atomic mass is 10.1. The molecule has 0 aliphatic carbocycles. The van der Waals surface area contributed by atoms with Gasteiger partial charge < -0.3 is 24.8 Å². The van der Waals surface area contributed by atoms with Gasteiger partial charge in [0, 0.05) is 29.2 Å². The summed E-state index contributed by atoms with van der Waals surface area (Å²) < 4.78 is 16.1. The van der Waals surface area contributed by atoms with Crippen LogP contribution in [0, 0.1) is 0 Å². The molecule has 0 saturated carbocycles. The first-order valence-corrected chi connectivity index (χ1v) is 9.00. The molecule has 2 aromatic carbocycles. The molecular formula is C20H25ClN2O4. The molecule has 2 aromatic rings. The molecule has 6 nitrogen and oxygen atoms in total. The van der Waals surface area contributed by atoms with E-state index in [1.54, 1.807) is 45.6 Å². The highest BCUT2D eigenvalue weighted by atomic mass is 35.5. The average molecular weight is 393 g/mol. The molecule has 0 aromatic heterocycles. The standard InChI is InChI=1S/C20H25ClN2O4/c1-25-17-11-6-14(19(26-2)20(17)27-3)13-22-12-4-5-18(24)23-16-9-7-15(21)8-10-16/h6-11,22H,4-5,12-13H2,1-3H3,(H,23,24). The van der Waals surface area contributed by atoms with Crippen molar-refractivity contribution in [1.82, 2.24) is 5.32 Å². The van der Waals surface area contributed by atoms with Crippen LogP contribution in [-0.2, 0) is 11.3 Å². The van der Waals surface area contributed by atoms with Crippen molar-refractivity contribution in [3.05, 3.63) is 47.0 Å². The molecule has 2 rings (SSSR count). The van der Waals surface area contributed by atoms with Gasteiger partial charge in [-0.1, -0.05) is 17.7 Å². The zero-order valence-corrected chi connectivity index (χ0v) is 16.6. The fourth-order valence-corrected chi connectivity index (χ4v) is 2.78. The summed E-state index contributed by atoms with van der Waals surface area (Å²) in [5.41, 5.74) is 1.70. The molecule has 2 N–H and O–H groups in total. The van der Waals surface area contributed by atoms with Gasteiger partial charge in [-0.15, -0.1) is 0 Å². The number of carbonyl (C=O) groups is 1. The van der Waals surface area contributed by atoms with Gasteiger partial charge in [-0.25, -0.2) is 0 Å². The Hall–Kier alpha value is -2.44. The minimum absolute atomic E-state index is 0.0252. The number of benzene rings is 2. The van der Waals surface area contributed by atoms with Gasteiger partial charge in [-0.2, -0.15) is 0 Å². The summed E-state index contributed by atoms with van der Waals surface area (Å²) in [7, 11) is 4.77. The lowest BCUT2D eigenvalue weighted by Crippen LogP contribution is -2.18. The Kier molecular flexibility index (Phi) is 8.23. The van der Waals surface area contributed by atoms with Crippen LogP contribution in [0.3, 0.4) is 0 Å². The largest absolute Gasteiger partial charge is 0.493 e. The lowest BCUT2D eigenvalue weighted by molar-refractivity contribution is -0.116. The summed E-state index contributed by atoms with van der Waals surface area (Å²) in [6, 6.07) is 10.8. The second kappa shape index (κ2) is 10.6. The molecule has 0 spiro atoms. The highest BCUT2D eigenvalue weighted by Gasteiger charge is 2.15. The van der Waals surface area contributed by atoms with Crippen LogP contribution in [0.2, 0.25) is 5.02 Å². The number of hydrogen-bond donors (Lipinski definition) is 2. The van der Waals surface area contributed by atoms with Crippen molar-refractivity contribution in [2.45, 2.75) is 19.4 Å². The first-order chi connectivity index (χ1) is 13.1. The molecule has 146 valence electrons. The van der Waals surface area contributed by atoms with Gasteiger partial charge in [0.25, 0.3) is 0 Å². The monoisotopic (exact) mass is 392 g/mol. The van der Waals surface area contributed by atoms with Gasteiger partial charge >= 0.3 is 0 Å². The van der Waals surface area contributed by atoms with Crippen molar-refractivity contribution >= 4 is 23.2 Å². The van der Waals surface area contributed by atoms with Crippen molar-refractivity contribution in [2.24, 2.45) is 0 Å². The van der Waals surface area contributed by atoms with E-state index < -0.39 is 0 Å². The van der Waals surface area contributed by atoms with Crippen molar-refractivity contribution in [3.8, 4) is 17.2 Å². The van der Waals surface area contributed by atoms with Crippen LogP contribution in [0.25, 0.3) is 0 Å². The van der Waals surface area contributed by atoms with Crippen LogP contribution < -0.4 is 24.8 Å². The topological polar surface area (TPSA) is 68.8 Å². The molecule has 1 amide bonds. The summed E-state index contributed by atoms with van der Waals surface area (Å²) in [4.78, 5) is 12.0. The number of ether oxygens (including phenoxy) is 3. The first kappa shape index (κ1) is 20.9. The van der Waals surface area contributed by atoms with E-state index in [-0.39, 0.29) is 5.91 Å². The smallest absolute Gasteiger partial charge is 0.224 e. The van der Waals surface area contributed by atoms with Crippen molar-refractivity contribution in [3.63, 3.8) is 0 Å². The van der Waals surface area contributed by atoms with E-state index in [4.69, 9.17) is 25.8 Å². The number of halogens is 1. The summed E-state index contributed by atoms with van der Waals surface area (Å²) >= 11 is 5.83. The third-order valence-electron chi connectivity index (χ3n) is 3.99. The van der Waals surface area contributed by atoms with Crippen LogP contribution in [0.4, 0.5) is 5.69 Å². The molecule has 27 heavy (non-hydrogen) atoms. The molecule has 7 heteroatoms. The fourth-order valence-electron chi connectivity index (χ4n) is 2.66. The highest BCUT2D eigenvalue weighted by Crippen LogP contribution is 2.39. The van der Waals surface area contributed by atoms with E-state index in [1.165, 1.54) is 0 Å². The van der Waals surface area contributed by atoms with Crippen LogP contribution >= 0.6 is 11.6 Å². The number of nitrogens with one attached hydrogen (secondary N) is 2. The van der Waals surface area contributed by atoms with E-state index in [2.05, 4.69) is 10.6 Å². The van der Waals surface area contributed by atoms with Crippen molar-refractivity contribution < 1.29 is 19.0 Å². The molecule has 0 aliphatic heterocycles. The molecule has 0 heterocycles. The molecule has 0 radical (unpaired) electrons. The van der Waals surface area contributed by atoms with Crippen LogP contribution in [-0.4, -0.2) is 33.8 Å². The third kappa shape index (κ3) is 6.05. The Balaban J connectivity index is 1.78. The predicted octanol–water partition coefficient (Wildman–Crippen LogP) is 3.87. The predicted molar refractivity (Wildman–Crippen MR) is 107 cm³/mol. The Morgan fingerprint density at radius 3 is 2.30 bits per heavy atom. The Morgan fingerprint density at radius 1 is 0.963 bits per heavy atom. The lowest BCUT2D eigenvalue weighted by Gasteiger charge is -2.16. The molecule has 0 bridgehead atoms. The van der Waals surface area contributed by atoms with Crippen LogP contribution in [0.5, 0.6) is 17.2 Å². The summed E-state index contributed by atoms with van der Waals surface area (Å²) in [6.45, 7) is 1.30. The zero-order valence-electron chi connectivity index (χ0n) is 15.8. The molecule has 0 atom stereocenters. The second-order valence-electron chi connectivity index (χ2n) is 5.83. The molecule has 0 unspecified atom stereocenters. The van der Waals surface area contributed by atoms with E-state index in [9.17, 15) is 4.79 Å². The van der Waals surface area contributed by atoms with Gasteiger partial charge in [0.2, 0.25) is 11.7 Å². The number of rotatable bonds is 10. The molecule has 0 aliphatic rings. The van der Waals surface area contributed by atoms with E-state index >= 15 is 0 Å². The summed E-state index contributed by atoms with van der Waals surface area (Å²) in [5, 5.41) is 6.81. The van der Waals surface area contributed by atoms with Gasteiger partial charge in [0.1, 0.15) is 0 Å². The van der Waals surface area contributed by atoms with Gasteiger partial charge in [0.05, 0.1) is 21.3 Å². The van der Waals surface area contributed by atoms with Crippen molar-refractivity contribution in [2.75, 3.05) is 33.2 Å². The average Bonchev–Trinajstić information content (AvgIpc) is 2.68. The fraction of sp³-hybridized carbons (Fsp3) is 0.350. The van der Waals surface area contributed by atoms with Gasteiger partial charge in [0.15, 0.2) is 11.5 Å². The molecule has 0 fully saturated rings. The number of amides is 1. The SMILES string of the molecule is COc1ccc(CNCCCC(=O)Nc2ccc(Cl)cc2)c(OC)c1OC. The van der Waals surface area contributed by atoms with Gasteiger partial charge in [-0.05, 0) is 43.3 Å². The minimum Gasteiger partial charge on any atom is -0.493 e. The number of methoxy groups -OCH3 is 3. The Bertz CT molecular complexity index is 750. The number of carbonyl (C=O) groups excluding carboxylic acids is 1. The van der Waals surface area contributed by atoms with Crippen molar-refractivity contribution in [1.29, 1.82) is 0 Å². The maximum Gasteiger partial charge on any atom is 0.224 e. The normalized spacial score (nSPS) is 10.4. The first-order valence-electron chi connectivity index (χ1n) is 8.63. The number of anilines is 1. The van der Waals surface area contributed by atoms with E-state index in [0.717, 1.165) is 17.7 Å². The maximum absolute atomic E-state index is 12.0. The van der Waals surface area contributed by atoms with Gasteiger partial charge in [-0.3, -0.25) is 4.79 Å². The van der Waals surface area contributed by atoms with E-state index in [1.807, 2.05) is 12.1 Å². The Labute approximate surface area is 164 Å². The van der Waals surface area contributed by atoms with Crippen LogP contribution in [0.1, 0.15) is 18.4 Å². The van der Waals surface area contributed by atoms with Crippen LogP contribution in [0.15, 0.2) is 36.4 Å². The maximum atomic E-state index is 12.0. The highest BCUT2D eigenvalue weighted by molar-refractivity contribution is 6.30. The quantitative estimate of drug-likeness (QED) is 0.600. The Morgan fingerprint density at radius 2 is 1.67 bits per heavy atom. The summed E-state index contributed by atoms with van der Waals surface area (Å²) in [6.07, 6.45) is 1.15. The second-order valence-corrected chi connectivity index (χ2v) is 6.27. The van der Waals surface area contributed by atoms with E-state index in [0.29, 0.717) is 41.8 Å².